The van der Waals surface area contributed by atoms with E-state index in [9.17, 15) is 9.50 Å². The SMILES string of the molecule is COCCC(C)(O)CNc1ccc(F)cn1. The predicted octanol–water partition coefficient (Wildman–Crippen LogP) is 1.42. The molecule has 1 heterocycles. The summed E-state index contributed by atoms with van der Waals surface area (Å²) in [6, 6.07) is 2.85. The van der Waals surface area contributed by atoms with Gasteiger partial charge in [0.25, 0.3) is 0 Å². The van der Waals surface area contributed by atoms with Crippen LogP contribution in [0.2, 0.25) is 0 Å². The number of pyridine rings is 1. The third-order valence-corrected chi connectivity index (χ3v) is 2.22. The minimum Gasteiger partial charge on any atom is -0.388 e. The predicted molar refractivity (Wildman–Crippen MR) is 59.8 cm³/mol. The lowest BCUT2D eigenvalue weighted by molar-refractivity contribution is 0.0357. The Kier molecular flexibility index (Phi) is 4.64. The fraction of sp³-hybridized carbons (Fsp3) is 0.545. The fourth-order valence-corrected chi connectivity index (χ4v) is 1.17. The number of nitrogens with one attached hydrogen (secondary N) is 1. The number of hydrogen-bond donors (Lipinski definition) is 2. The minimum absolute atomic E-state index is 0.342. The number of anilines is 1. The molecule has 1 aromatic heterocycles. The normalized spacial score (nSPS) is 14.5. The average Bonchev–Trinajstić information content (AvgIpc) is 2.26. The maximum absolute atomic E-state index is 12.6. The van der Waals surface area contributed by atoms with Crippen molar-refractivity contribution < 1.29 is 14.2 Å². The van der Waals surface area contributed by atoms with E-state index in [2.05, 4.69) is 10.3 Å². The first-order valence-corrected chi connectivity index (χ1v) is 5.10. The van der Waals surface area contributed by atoms with Crippen molar-refractivity contribution in [3.8, 4) is 0 Å². The Balaban J connectivity index is 2.41. The van der Waals surface area contributed by atoms with Crippen LogP contribution in [0.4, 0.5) is 10.2 Å². The van der Waals surface area contributed by atoms with Crippen LogP contribution < -0.4 is 5.32 Å². The van der Waals surface area contributed by atoms with Crippen molar-refractivity contribution in [1.29, 1.82) is 0 Å². The van der Waals surface area contributed by atoms with E-state index in [1.807, 2.05) is 0 Å². The zero-order valence-electron chi connectivity index (χ0n) is 9.53. The summed E-state index contributed by atoms with van der Waals surface area (Å²) in [5.41, 5.74) is -0.869. The van der Waals surface area contributed by atoms with Gasteiger partial charge in [-0.2, -0.15) is 0 Å². The molecule has 0 saturated heterocycles. The monoisotopic (exact) mass is 228 g/mol. The lowest BCUT2D eigenvalue weighted by Crippen LogP contribution is -2.34. The van der Waals surface area contributed by atoms with E-state index in [4.69, 9.17) is 4.74 Å². The summed E-state index contributed by atoms with van der Waals surface area (Å²) in [4.78, 5) is 3.83. The number of ether oxygens (including phenoxy) is 1. The van der Waals surface area contributed by atoms with Crippen molar-refractivity contribution in [2.75, 3.05) is 25.6 Å². The maximum Gasteiger partial charge on any atom is 0.141 e. The van der Waals surface area contributed by atoms with Crippen molar-refractivity contribution in [3.63, 3.8) is 0 Å². The van der Waals surface area contributed by atoms with Gasteiger partial charge < -0.3 is 15.2 Å². The Bertz CT molecular complexity index is 314. The summed E-state index contributed by atoms with van der Waals surface area (Å²) in [5.74, 6) is 0.163. The molecule has 0 radical (unpaired) electrons. The molecule has 4 nitrogen and oxygen atoms in total. The third-order valence-electron chi connectivity index (χ3n) is 2.22. The molecule has 1 atom stereocenters. The summed E-state index contributed by atoms with van der Waals surface area (Å²) in [7, 11) is 1.59. The number of aromatic nitrogens is 1. The van der Waals surface area contributed by atoms with Crippen molar-refractivity contribution in [1.82, 2.24) is 4.98 Å². The van der Waals surface area contributed by atoms with E-state index in [-0.39, 0.29) is 5.82 Å². The quantitative estimate of drug-likeness (QED) is 0.773. The molecule has 0 aromatic carbocycles. The molecule has 5 heteroatoms. The van der Waals surface area contributed by atoms with Crippen molar-refractivity contribution in [2.45, 2.75) is 18.9 Å². The zero-order chi connectivity index (χ0) is 12.0. The van der Waals surface area contributed by atoms with E-state index in [0.717, 1.165) is 6.20 Å². The highest BCUT2D eigenvalue weighted by Gasteiger charge is 2.19. The van der Waals surface area contributed by atoms with Crippen LogP contribution in [-0.2, 0) is 4.74 Å². The summed E-state index contributed by atoms with van der Waals surface area (Å²) in [6.07, 6.45) is 1.66. The first kappa shape index (κ1) is 12.9. The van der Waals surface area contributed by atoms with Crippen LogP contribution in [0.5, 0.6) is 0 Å². The van der Waals surface area contributed by atoms with Crippen molar-refractivity contribution in [3.05, 3.63) is 24.1 Å². The molecule has 0 amide bonds. The van der Waals surface area contributed by atoms with E-state index in [1.165, 1.54) is 12.1 Å². The van der Waals surface area contributed by atoms with Crippen molar-refractivity contribution in [2.24, 2.45) is 0 Å². The standard InChI is InChI=1S/C11H17FN2O2/c1-11(15,5-6-16-2)8-14-10-4-3-9(12)7-13-10/h3-4,7,15H,5-6,8H2,1-2H3,(H,13,14). The summed E-state index contributed by atoms with van der Waals surface area (Å²) in [6.45, 7) is 2.54. The van der Waals surface area contributed by atoms with E-state index in [1.54, 1.807) is 14.0 Å². The molecule has 0 aliphatic heterocycles. The Hall–Kier alpha value is -1.20. The van der Waals surface area contributed by atoms with Gasteiger partial charge in [0.1, 0.15) is 11.6 Å². The number of rotatable bonds is 6. The van der Waals surface area contributed by atoms with Crippen LogP contribution in [0.1, 0.15) is 13.3 Å². The van der Waals surface area contributed by atoms with Crippen LogP contribution in [0, 0.1) is 5.82 Å². The van der Waals surface area contributed by atoms with Gasteiger partial charge in [-0.25, -0.2) is 9.37 Å². The Morgan fingerprint density at radius 1 is 1.56 bits per heavy atom. The highest BCUT2D eigenvalue weighted by Crippen LogP contribution is 2.11. The molecule has 0 spiro atoms. The zero-order valence-corrected chi connectivity index (χ0v) is 9.53. The van der Waals surface area contributed by atoms with Gasteiger partial charge >= 0.3 is 0 Å². The highest BCUT2D eigenvalue weighted by molar-refractivity contribution is 5.33. The molecular formula is C11H17FN2O2. The largest absolute Gasteiger partial charge is 0.388 e. The first-order chi connectivity index (χ1) is 7.53. The van der Waals surface area contributed by atoms with Gasteiger partial charge in [0.05, 0.1) is 11.8 Å². The van der Waals surface area contributed by atoms with E-state index < -0.39 is 5.60 Å². The molecule has 1 rings (SSSR count). The number of methoxy groups -OCH3 is 1. The molecule has 0 bridgehead atoms. The lowest BCUT2D eigenvalue weighted by atomic mass is 10.0. The van der Waals surface area contributed by atoms with E-state index in [0.29, 0.717) is 25.4 Å². The Morgan fingerprint density at radius 3 is 2.88 bits per heavy atom. The van der Waals surface area contributed by atoms with Gasteiger partial charge in [0.15, 0.2) is 0 Å². The molecule has 90 valence electrons. The van der Waals surface area contributed by atoms with Crippen LogP contribution in [-0.4, -0.2) is 36.0 Å². The molecule has 0 fully saturated rings. The van der Waals surface area contributed by atoms with Gasteiger partial charge in [-0.1, -0.05) is 0 Å². The molecule has 0 saturated carbocycles. The summed E-state index contributed by atoms with van der Waals surface area (Å²) in [5, 5.41) is 12.9. The van der Waals surface area contributed by atoms with Crippen LogP contribution in [0.15, 0.2) is 18.3 Å². The second kappa shape index (κ2) is 5.77. The topological polar surface area (TPSA) is 54.4 Å². The Morgan fingerprint density at radius 2 is 2.31 bits per heavy atom. The number of halogens is 1. The lowest BCUT2D eigenvalue weighted by Gasteiger charge is -2.23. The minimum atomic E-state index is -0.869. The summed E-state index contributed by atoms with van der Waals surface area (Å²) < 4.78 is 17.5. The molecule has 0 aliphatic carbocycles. The molecule has 16 heavy (non-hydrogen) atoms. The van der Waals surface area contributed by atoms with Crippen LogP contribution in [0.25, 0.3) is 0 Å². The van der Waals surface area contributed by atoms with Crippen molar-refractivity contribution >= 4 is 5.82 Å². The van der Waals surface area contributed by atoms with E-state index >= 15 is 0 Å². The number of hydrogen-bond acceptors (Lipinski definition) is 4. The molecule has 0 aliphatic rings. The van der Waals surface area contributed by atoms with Gasteiger partial charge in [0, 0.05) is 26.7 Å². The first-order valence-electron chi connectivity index (χ1n) is 5.10. The highest BCUT2D eigenvalue weighted by atomic mass is 19.1. The number of aliphatic hydroxyl groups is 1. The van der Waals surface area contributed by atoms with Crippen LogP contribution >= 0.6 is 0 Å². The summed E-state index contributed by atoms with van der Waals surface area (Å²) >= 11 is 0. The van der Waals surface area contributed by atoms with Gasteiger partial charge in [-0.3, -0.25) is 0 Å². The van der Waals surface area contributed by atoms with Gasteiger partial charge in [0.2, 0.25) is 0 Å². The Labute approximate surface area is 94.5 Å². The number of nitrogens with zero attached hydrogens (tertiary/aromatic N) is 1. The third kappa shape index (κ3) is 4.55. The second-order valence-electron chi connectivity index (χ2n) is 3.95. The second-order valence-corrected chi connectivity index (χ2v) is 3.95. The smallest absolute Gasteiger partial charge is 0.141 e. The molecule has 1 unspecified atom stereocenters. The maximum atomic E-state index is 12.6. The van der Waals surface area contributed by atoms with Gasteiger partial charge in [-0.05, 0) is 19.1 Å². The van der Waals surface area contributed by atoms with Crippen LogP contribution in [0.3, 0.4) is 0 Å². The van der Waals surface area contributed by atoms with Gasteiger partial charge in [-0.15, -0.1) is 0 Å². The molecule has 1 aromatic rings. The average molecular weight is 228 g/mol. The fourth-order valence-electron chi connectivity index (χ4n) is 1.17. The molecular weight excluding hydrogens is 211 g/mol. The molecule has 2 N–H and O–H groups in total.